The van der Waals surface area contributed by atoms with Crippen molar-refractivity contribution in [1.82, 2.24) is 4.57 Å². The molecule has 0 aliphatic carbocycles. The fraction of sp³-hybridized carbons (Fsp3) is 0.222. The number of aromatic nitrogens is 1. The van der Waals surface area contributed by atoms with Crippen LogP contribution in [0, 0.1) is 24.1 Å². The molecule has 1 aromatic heterocycles. The minimum Gasteiger partial charge on any atom is -0.489 e. The van der Waals surface area contributed by atoms with E-state index in [1.54, 1.807) is 13.0 Å². The number of ether oxygens (including phenoxy) is 1. The molecule has 1 heterocycles. The summed E-state index contributed by atoms with van der Waals surface area (Å²) in [5.41, 5.74) is 5.66. The van der Waals surface area contributed by atoms with Crippen LogP contribution in [0.3, 0.4) is 0 Å². The lowest BCUT2D eigenvalue weighted by Crippen LogP contribution is -2.04. The highest BCUT2D eigenvalue weighted by Crippen LogP contribution is 2.36. The number of hydrogen-bond acceptors (Lipinski definition) is 2. The van der Waals surface area contributed by atoms with Gasteiger partial charge >= 0.3 is 0 Å². The van der Waals surface area contributed by atoms with Crippen molar-refractivity contribution in [2.24, 2.45) is 0 Å². The maximum Gasteiger partial charge on any atom is 0.126 e. The van der Waals surface area contributed by atoms with Gasteiger partial charge in [-0.15, -0.1) is 0 Å². The molecule has 0 radical (unpaired) electrons. The first-order valence-electron chi connectivity index (χ1n) is 10.5. The van der Waals surface area contributed by atoms with Crippen LogP contribution in [-0.2, 0) is 13.0 Å². The molecule has 0 bridgehead atoms. The zero-order valence-corrected chi connectivity index (χ0v) is 18.0. The van der Waals surface area contributed by atoms with Crippen LogP contribution in [0.2, 0.25) is 0 Å². The number of nitrogens with zero attached hydrogens (tertiary/aromatic N) is 2. The molecule has 0 aliphatic heterocycles. The average molecular weight is 413 g/mol. The zero-order valence-electron chi connectivity index (χ0n) is 18.0. The standard InChI is InChI=1S/C27H25FN2O/c1-18(2)27-23(13-14-29)24-16-22(31-17-20-7-5-4-6-8-20)10-12-26(24)30(27)21-9-11-25(28)19(3)15-21/h4-12,15-16,18H,13,17H2,1-3H3. The topological polar surface area (TPSA) is 38.0 Å². The smallest absolute Gasteiger partial charge is 0.126 e. The lowest BCUT2D eigenvalue weighted by Gasteiger charge is -2.15. The van der Waals surface area contributed by atoms with Gasteiger partial charge in [-0.25, -0.2) is 4.39 Å². The van der Waals surface area contributed by atoms with Gasteiger partial charge in [-0.1, -0.05) is 44.2 Å². The minimum absolute atomic E-state index is 0.190. The molecule has 0 N–H and O–H groups in total. The number of benzene rings is 3. The summed E-state index contributed by atoms with van der Waals surface area (Å²) in [7, 11) is 0. The molecule has 0 unspecified atom stereocenters. The summed E-state index contributed by atoms with van der Waals surface area (Å²) in [6.45, 7) is 6.49. The molecule has 3 nitrogen and oxygen atoms in total. The number of hydrogen-bond donors (Lipinski definition) is 0. The lowest BCUT2D eigenvalue weighted by atomic mass is 10.0. The lowest BCUT2D eigenvalue weighted by molar-refractivity contribution is 0.306. The number of halogens is 1. The fourth-order valence-corrected chi connectivity index (χ4v) is 4.10. The SMILES string of the molecule is Cc1cc(-n2c(C(C)C)c(CC#N)c3cc(OCc4ccccc4)ccc32)ccc1F. The van der Waals surface area contributed by atoms with Crippen LogP contribution < -0.4 is 4.74 Å². The summed E-state index contributed by atoms with van der Waals surface area (Å²) in [6, 6.07) is 23.5. The monoisotopic (exact) mass is 412 g/mol. The molecule has 0 aliphatic rings. The molecular weight excluding hydrogens is 387 g/mol. The molecule has 0 amide bonds. The first kappa shape index (κ1) is 20.7. The zero-order chi connectivity index (χ0) is 22.0. The number of fused-ring (bicyclic) bond motifs is 1. The second-order valence-corrected chi connectivity index (χ2v) is 8.08. The van der Waals surface area contributed by atoms with E-state index in [2.05, 4.69) is 24.5 Å². The van der Waals surface area contributed by atoms with Crippen molar-refractivity contribution in [1.29, 1.82) is 5.26 Å². The maximum absolute atomic E-state index is 13.9. The van der Waals surface area contributed by atoms with Gasteiger partial charge in [0.1, 0.15) is 18.2 Å². The summed E-state index contributed by atoms with van der Waals surface area (Å²) >= 11 is 0. The summed E-state index contributed by atoms with van der Waals surface area (Å²) in [4.78, 5) is 0. The van der Waals surface area contributed by atoms with E-state index in [1.807, 2.05) is 54.6 Å². The molecular formula is C27H25FN2O. The van der Waals surface area contributed by atoms with Crippen LogP contribution >= 0.6 is 0 Å². The van der Waals surface area contributed by atoms with Crippen molar-refractivity contribution < 1.29 is 9.13 Å². The summed E-state index contributed by atoms with van der Waals surface area (Å²) in [5.74, 6) is 0.730. The summed E-state index contributed by atoms with van der Waals surface area (Å²) in [6.07, 6.45) is 0.305. The van der Waals surface area contributed by atoms with Crippen LogP contribution in [0.1, 0.15) is 42.1 Å². The Hall–Kier alpha value is -3.58. The van der Waals surface area contributed by atoms with Crippen molar-refractivity contribution >= 4 is 10.9 Å². The van der Waals surface area contributed by atoms with Gasteiger partial charge in [0, 0.05) is 16.8 Å². The Morgan fingerprint density at radius 2 is 1.81 bits per heavy atom. The van der Waals surface area contributed by atoms with Crippen molar-refractivity contribution in [3.63, 3.8) is 0 Å². The third-order valence-electron chi connectivity index (χ3n) is 5.53. The molecule has 0 saturated carbocycles. The average Bonchev–Trinajstić information content (AvgIpc) is 3.09. The van der Waals surface area contributed by atoms with E-state index >= 15 is 0 Å². The van der Waals surface area contributed by atoms with Crippen molar-refractivity contribution in [3.05, 3.63) is 94.9 Å². The van der Waals surface area contributed by atoms with Gasteiger partial charge < -0.3 is 9.30 Å². The van der Waals surface area contributed by atoms with E-state index in [1.165, 1.54) is 6.07 Å². The predicted octanol–water partition coefficient (Wildman–Crippen LogP) is 6.85. The van der Waals surface area contributed by atoms with Gasteiger partial charge in [0.15, 0.2) is 0 Å². The molecule has 0 saturated heterocycles. The first-order chi connectivity index (χ1) is 15.0. The Bertz CT molecular complexity index is 1270. The van der Waals surface area contributed by atoms with Crippen LogP contribution in [-0.4, -0.2) is 4.57 Å². The van der Waals surface area contributed by atoms with E-state index in [4.69, 9.17) is 4.74 Å². The predicted molar refractivity (Wildman–Crippen MR) is 122 cm³/mol. The third-order valence-corrected chi connectivity index (χ3v) is 5.53. The van der Waals surface area contributed by atoms with E-state index in [-0.39, 0.29) is 11.7 Å². The molecule has 0 atom stereocenters. The van der Waals surface area contributed by atoms with Crippen molar-refractivity contribution in [2.45, 2.75) is 39.7 Å². The molecule has 4 aromatic rings. The number of aryl methyl sites for hydroxylation is 1. The molecule has 0 spiro atoms. The Morgan fingerprint density at radius 1 is 1.03 bits per heavy atom. The first-order valence-corrected chi connectivity index (χ1v) is 10.5. The Balaban J connectivity index is 1.85. The van der Waals surface area contributed by atoms with E-state index in [0.717, 1.165) is 39.2 Å². The Kier molecular flexibility index (Phi) is 5.77. The fourth-order valence-electron chi connectivity index (χ4n) is 4.10. The third kappa shape index (κ3) is 4.04. The molecule has 4 heteroatoms. The second-order valence-electron chi connectivity index (χ2n) is 8.08. The van der Waals surface area contributed by atoms with E-state index in [0.29, 0.717) is 18.6 Å². The van der Waals surface area contributed by atoms with Gasteiger partial charge in [0.2, 0.25) is 0 Å². The van der Waals surface area contributed by atoms with Gasteiger partial charge in [-0.05, 0) is 65.9 Å². The number of rotatable bonds is 6. The largest absolute Gasteiger partial charge is 0.489 e. The van der Waals surface area contributed by atoms with E-state index in [9.17, 15) is 9.65 Å². The van der Waals surface area contributed by atoms with E-state index < -0.39 is 0 Å². The highest BCUT2D eigenvalue weighted by Gasteiger charge is 2.21. The number of nitriles is 1. The quantitative estimate of drug-likeness (QED) is 0.347. The molecule has 31 heavy (non-hydrogen) atoms. The molecule has 0 fully saturated rings. The van der Waals surface area contributed by atoms with Crippen LogP contribution in [0.25, 0.3) is 16.6 Å². The van der Waals surface area contributed by atoms with Gasteiger partial charge in [-0.3, -0.25) is 0 Å². The highest BCUT2D eigenvalue weighted by atomic mass is 19.1. The highest BCUT2D eigenvalue weighted by molar-refractivity contribution is 5.89. The molecule has 156 valence electrons. The van der Waals surface area contributed by atoms with Gasteiger partial charge in [0.25, 0.3) is 0 Å². The molecule has 3 aromatic carbocycles. The molecule has 4 rings (SSSR count). The summed E-state index contributed by atoms with van der Waals surface area (Å²) in [5, 5.41) is 10.5. The van der Waals surface area contributed by atoms with Crippen LogP contribution in [0.5, 0.6) is 5.75 Å². The summed E-state index contributed by atoms with van der Waals surface area (Å²) < 4.78 is 22.1. The van der Waals surface area contributed by atoms with Gasteiger partial charge in [0.05, 0.1) is 18.0 Å². The van der Waals surface area contributed by atoms with Crippen LogP contribution in [0.15, 0.2) is 66.7 Å². The maximum atomic E-state index is 13.9. The van der Waals surface area contributed by atoms with Crippen LogP contribution in [0.4, 0.5) is 4.39 Å². The normalized spacial score (nSPS) is 11.1. The Labute approximate surface area is 182 Å². The van der Waals surface area contributed by atoms with Crippen molar-refractivity contribution in [2.75, 3.05) is 0 Å². The Morgan fingerprint density at radius 3 is 2.48 bits per heavy atom. The second kappa shape index (κ2) is 8.65. The van der Waals surface area contributed by atoms with Crippen molar-refractivity contribution in [3.8, 4) is 17.5 Å². The van der Waals surface area contributed by atoms with Gasteiger partial charge in [-0.2, -0.15) is 5.26 Å². The minimum atomic E-state index is -0.222.